The minimum Gasteiger partial charge on any atom is -0.340 e. The second-order valence-electron chi connectivity index (χ2n) is 6.39. The van der Waals surface area contributed by atoms with Crippen LogP contribution in [-0.4, -0.2) is 52.0 Å². The third-order valence-electron chi connectivity index (χ3n) is 4.82. The van der Waals surface area contributed by atoms with Crippen LogP contribution in [0.3, 0.4) is 0 Å². The summed E-state index contributed by atoms with van der Waals surface area (Å²) in [5.41, 5.74) is 0. The van der Waals surface area contributed by atoms with Crippen LogP contribution in [0.2, 0.25) is 0 Å². The highest BCUT2D eigenvalue weighted by molar-refractivity contribution is 5.79. The fourth-order valence-electron chi connectivity index (χ4n) is 3.42. The zero-order valence-corrected chi connectivity index (χ0v) is 13.5. The van der Waals surface area contributed by atoms with E-state index in [4.69, 9.17) is 4.52 Å². The van der Waals surface area contributed by atoms with Gasteiger partial charge < -0.3 is 9.42 Å². The van der Waals surface area contributed by atoms with E-state index in [2.05, 4.69) is 19.9 Å². The Morgan fingerprint density at radius 3 is 2.55 bits per heavy atom. The molecule has 1 saturated carbocycles. The minimum atomic E-state index is 0.281. The lowest BCUT2D eigenvalue weighted by Crippen LogP contribution is -2.50. The van der Waals surface area contributed by atoms with Gasteiger partial charge in [-0.15, -0.1) is 0 Å². The number of hydrogen-bond donors (Lipinski definition) is 0. The quantitative estimate of drug-likeness (QED) is 0.849. The highest BCUT2D eigenvalue weighted by Crippen LogP contribution is 2.25. The van der Waals surface area contributed by atoms with Gasteiger partial charge in [-0.3, -0.25) is 9.69 Å². The third kappa shape index (κ3) is 3.66. The van der Waals surface area contributed by atoms with Gasteiger partial charge in [0.15, 0.2) is 5.82 Å². The van der Waals surface area contributed by atoms with Crippen molar-refractivity contribution in [2.75, 3.05) is 26.2 Å². The molecule has 2 fully saturated rings. The fraction of sp³-hybridized carbons (Fsp3) is 0.812. The molecule has 0 N–H and O–H groups in total. The standard InChI is InChI=1S/C16H26N4O2/c1-2-14-17-15(22-18-14)12-19-8-10-20(11-9-19)16(21)13-6-4-3-5-7-13/h13H,2-12H2,1H3. The average Bonchev–Trinajstić information content (AvgIpc) is 3.03. The molecule has 1 aromatic rings. The van der Waals surface area contributed by atoms with Gasteiger partial charge >= 0.3 is 0 Å². The summed E-state index contributed by atoms with van der Waals surface area (Å²) in [4.78, 5) is 21.2. The van der Waals surface area contributed by atoms with E-state index < -0.39 is 0 Å². The number of aryl methyl sites for hydroxylation is 1. The molecule has 1 saturated heterocycles. The molecule has 0 radical (unpaired) electrons. The number of hydrogen-bond acceptors (Lipinski definition) is 5. The van der Waals surface area contributed by atoms with Gasteiger partial charge in [0.05, 0.1) is 6.54 Å². The zero-order chi connectivity index (χ0) is 15.4. The molecule has 2 heterocycles. The van der Waals surface area contributed by atoms with Crippen LogP contribution >= 0.6 is 0 Å². The molecule has 2 aliphatic rings. The molecule has 1 aliphatic heterocycles. The predicted octanol–water partition coefficient (Wildman–Crippen LogP) is 1.86. The lowest BCUT2D eigenvalue weighted by atomic mass is 9.88. The van der Waals surface area contributed by atoms with Gasteiger partial charge in [-0.05, 0) is 12.8 Å². The third-order valence-corrected chi connectivity index (χ3v) is 4.82. The molecular weight excluding hydrogens is 280 g/mol. The zero-order valence-electron chi connectivity index (χ0n) is 13.5. The Morgan fingerprint density at radius 2 is 1.91 bits per heavy atom. The van der Waals surface area contributed by atoms with Gasteiger partial charge in [0, 0.05) is 38.5 Å². The molecule has 0 aromatic carbocycles. The summed E-state index contributed by atoms with van der Waals surface area (Å²) in [7, 11) is 0. The Kier molecular flexibility index (Phi) is 5.08. The summed E-state index contributed by atoms with van der Waals surface area (Å²) in [5.74, 6) is 2.11. The Morgan fingerprint density at radius 1 is 1.18 bits per heavy atom. The van der Waals surface area contributed by atoms with Crippen LogP contribution in [-0.2, 0) is 17.8 Å². The van der Waals surface area contributed by atoms with Crippen molar-refractivity contribution in [3.05, 3.63) is 11.7 Å². The topological polar surface area (TPSA) is 62.5 Å². The van der Waals surface area contributed by atoms with Crippen LogP contribution in [0, 0.1) is 5.92 Å². The summed E-state index contributed by atoms with van der Waals surface area (Å²) in [6.07, 6.45) is 6.69. The van der Waals surface area contributed by atoms with Crippen molar-refractivity contribution in [3.8, 4) is 0 Å². The molecule has 1 aromatic heterocycles. The summed E-state index contributed by atoms with van der Waals surface area (Å²) >= 11 is 0. The van der Waals surface area contributed by atoms with E-state index in [1.807, 2.05) is 6.92 Å². The van der Waals surface area contributed by atoms with Crippen molar-refractivity contribution in [1.29, 1.82) is 0 Å². The van der Waals surface area contributed by atoms with Gasteiger partial charge in [0.1, 0.15) is 0 Å². The molecule has 1 amide bonds. The Bertz CT molecular complexity index is 488. The van der Waals surface area contributed by atoms with Crippen LogP contribution in [0.4, 0.5) is 0 Å². The maximum Gasteiger partial charge on any atom is 0.240 e. The molecule has 1 aliphatic carbocycles. The van der Waals surface area contributed by atoms with Crippen LogP contribution in [0.1, 0.15) is 50.7 Å². The summed E-state index contributed by atoms with van der Waals surface area (Å²) in [5, 5.41) is 3.93. The molecular formula is C16H26N4O2. The van der Waals surface area contributed by atoms with Gasteiger partial charge in [-0.25, -0.2) is 0 Å². The minimum absolute atomic E-state index is 0.281. The van der Waals surface area contributed by atoms with E-state index in [1.165, 1.54) is 19.3 Å². The lowest BCUT2D eigenvalue weighted by molar-refractivity contribution is -0.138. The summed E-state index contributed by atoms with van der Waals surface area (Å²) in [6, 6.07) is 0. The first-order chi connectivity index (χ1) is 10.8. The Hall–Kier alpha value is -1.43. The maximum atomic E-state index is 12.5. The second kappa shape index (κ2) is 7.22. The second-order valence-corrected chi connectivity index (χ2v) is 6.39. The normalized spacial score (nSPS) is 21.2. The molecule has 0 spiro atoms. The van der Waals surface area contributed by atoms with E-state index in [-0.39, 0.29) is 5.92 Å². The van der Waals surface area contributed by atoms with E-state index in [0.29, 0.717) is 18.3 Å². The number of aromatic nitrogens is 2. The SMILES string of the molecule is CCc1noc(CN2CCN(C(=O)C3CCCCC3)CC2)n1. The molecule has 22 heavy (non-hydrogen) atoms. The lowest BCUT2D eigenvalue weighted by Gasteiger charge is -2.36. The maximum absolute atomic E-state index is 12.5. The number of piperazine rings is 1. The predicted molar refractivity (Wildman–Crippen MR) is 82.1 cm³/mol. The largest absolute Gasteiger partial charge is 0.340 e. The van der Waals surface area contributed by atoms with Gasteiger partial charge in [0.25, 0.3) is 0 Å². The number of rotatable bonds is 4. The Balaban J connectivity index is 1.46. The van der Waals surface area contributed by atoms with Gasteiger partial charge in [0.2, 0.25) is 11.8 Å². The molecule has 6 heteroatoms. The van der Waals surface area contributed by atoms with E-state index in [1.54, 1.807) is 0 Å². The summed E-state index contributed by atoms with van der Waals surface area (Å²) < 4.78 is 5.24. The number of carbonyl (C=O) groups excluding carboxylic acids is 1. The van der Waals surface area contributed by atoms with E-state index >= 15 is 0 Å². The van der Waals surface area contributed by atoms with Crippen LogP contribution in [0.15, 0.2) is 4.52 Å². The average molecular weight is 306 g/mol. The highest BCUT2D eigenvalue weighted by Gasteiger charge is 2.28. The van der Waals surface area contributed by atoms with Crippen molar-refractivity contribution in [2.45, 2.75) is 52.0 Å². The molecule has 3 rings (SSSR count). The van der Waals surface area contributed by atoms with Crippen LogP contribution < -0.4 is 0 Å². The number of carbonyl (C=O) groups is 1. The molecule has 6 nitrogen and oxygen atoms in total. The van der Waals surface area contributed by atoms with Crippen molar-refractivity contribution >= 4 is 5.91 Å². The summed E-state index contributed by atoms with van der Waals surface area (Å²) in [6.45, 7) is 6.14. The van der Waals surface area contributed by atoms with Crippen LogP contribution in [0.25, 0.3) is 0 Å². The molecule has 0 unspecified atom stereocenters. The fourth-order valence-corrected chi connectivity index (χ4v) is 3.42. The first kappa shape index (κ1) is 15.5. The van der Waals surface area contributed by atoms with Gasteiger partial charge in [-0.2, -0.15) is 4.98 Å². The number of nitrogens with zero attached hydrogens (tertiary/aromatic N) is 4. The number of amides is 1. The smallest absolute Gasteiger partial charge is 0.240 e. The molecule has 0 bridgehead atoms. The first-order valence-corrected chi connectivity index (χ1v) is 8.59. The Labute approximate surface area is 131 Å². The van der Waals surface area contributed by atoms with Crippen LogP contribution in [0.5, 0.6) is 0 Å². The van der Waals surface area contributed by atoms with Gasteiger partial charge in [-0.1, -0.05) is 31.3 Å². The molecule has 122 valence electrons. The van der Waals surface area contributed by atoms with Crippen molar-refractivity contribution in [3.63, 3.8) is 0 Å². The highest BCUT2D eigenvalue weighted by atomic mass is 16.5. The van der Waals surface area contributed by atoms with Crippen molar-refractivity contribution < 1.29 is 9.32 Å². The first-order valence-electron chi connectivity index (χ1n) is 8.59. The van der Waals surface area contributed by atoms with E-state index in [9.17, 15) is 4.79 Å². The van der Waals surface area contributed by atoms with E-state index in [0.717, 1.165) is 51.3 Å². The molecule has 0 atom stereocenters. The van der Waals surface area contributed by atoms with Crippen molar-refractivity contribution in [1.82, 2.24) is 19.9 Å². The monoisotopic (exact) mass is 306 g/mol. The van der Waals surface area contributed by atoms with Crippen molar-refractivity contribution in [2.24, 2.45) is 5.92 Å².